The van der Waals surface area contributed by atoms with Crippen LogP contribution in [0.25, 0.3) is 0 Å². The molecule has 1 atom stereocenters. The summed E-state index contributed by atoms with van der Waals surface area (Å²) in [5.74, 6) is 1.12. The van der Waals surface area contributed by atoms with Gasteiger partial charge in [0.2, 0.25) is 5.91 Å². The van der Waals surface area contributed by atoms with E-state index in [1.165, 1.54) is 6.42 Å². The number of amides is 1. The van der Waals surface area contributed by atoms with Gasteiger partial charge >= 0.3 is 0 Å². The Morgan fingerprint density at radius 2 is 2.00 bits per heavy atom. The third-order valence-electron chi connectivity index (χ3n) is 2.62. The Morgan fingerprint density at radius 3 is 2.53 bits per heavy atom. The van der Waals surface area contributed by atoms with E-state index in [1.54, 1.807) is 11.8 Å². The number of likely N-dealkylation sites (tertiary alicyclic amines) is 1. The molecule has 0 bridgehead atoms. The molecule has 1 fully saturated rings. The molecular weight excluding hydrogens is 232 g/mol. The van der Waals surface area contributed by atoms with Crippen LogP contribution in [-0.2, 0) is 4.79 Å². The standard InChI is InChI=1S/C10H20N2OS.ClH/c1-14-8-5-9(11)10(13)12-6-3-2-4-7-12;/h9H,2-8,11H2,1H3;1H. The van der Waals surface area contributed by atoms with Crippen LogP contribution in [0.3, 0.4) is 0 Å². The quantitative estimate of drug-likeness (QED) is 0.825. The predicted molar refractivity (Wildman–Crippen MR) is 68.7 cm³/mol. The summed E-state index contributed by atoms with van der Waals surface area (Å²) in [5.41, 5.74) is 5.83. The summed E-state index contributed by atoms with van der Waals surface area (Å²) < 4.78 is 0. The van der Waals surface area contributed by atoms with E-state index < -0.39 is 0 Å². The number of thioether (sulfide) groups is 1. The Labute approximate surface area is 103 Å². The van der Waals surface area contributed by atoms with Crippen molar-refractivity contribution in [2.75, 3.05) is 25.1 Å². The average Bonchev–Trinajstić information content (AvgIpc) is 2.26. The van der Waals surface area contributed by atoms with Crippen molar-refractivity contribution in [2.45, 2.75) is 31.7 Å². The Bertz CT molecular complexity index is 186. The molecule has 0 aliphatic carbocycles. The van der Waals surface area contributed by atoms with E-state index in [9.17, 15) is 4.79 Å². The summed E-state index contributed by atoms with van der Waals surface area (Å²) in [4.78, 5) is 13.7. The van der Waals surface area contributed by atoms with Crippen LogP contribution in [0.1, 0.15) is 25.7 Å². The number of rotatable bonds is 4. The second-order valence-electron chi connectivity index (χ2n) is 3.77. The SMILES string of the molecule is CSCCC(N)C(=O)N1CCCCC1.Cl. The second-order valence-corrected chi connectivity index (χ2v) is 4.76. The lowest BCUT2D eigenvalue weighted by Crippen LogP contribution is -2.46. The summed E-state index contributed by atoms with van der Waals surface area (Å²) in [6.45, 7) is 1.82. The Morgan fingerprint density at radius 1 is 1.40 bits per heavy atom. The first-order valence-electron chi connectivity index (χ1n) is 5.29. The summed E-state index contributed by atoms with van der Waals surface area (Å²) in [6.07, 6.45) is 6.38. The molecule has 2 N–H and O–H groups in total. The van der Waals surface area contributed by atoms with E-state index >= 15 is 0 Å². The molecule has 0 saturated carbocycles. The highest BCUT2D eigenvalue weighted by Crippen LogP contribution is 2.11. The van der Waals surface area contributed by atoms with Gasteiger partial charge < -0.3 is 10.6 Å². The maximum atomic E-state index is 11.8. The zero-order valence-corrected chi connectivity index (χ0v) is 10.9. The molecule has 5 heteroatoms. The van der Waals surface area contributed by atoms with E-state index in [4.69, 9.17) is 5.73 Å². The largest absolute Gasteiger partial charge is 0.341 e. The van der Waals surface area contributed by atoms with Crippen LogP contribution < -0.4 is 5.73 Å². The van der Waals surface area contributed by atoms with Crippen LogP contribution in [0, 0.1) is 0 Å². The van der Waals surface area contributed by atoms with Crippen LogP contribution >= 0.6 is 24.2 Å². The molecule has 1 rings (SSSR count). The molecule has 1 heterocycles. The van der Waals surface area contributed by atoms with Gasteiger partial charge in [-0.1, -0.05) is 0 Å². The minimum absolute atomic E-state index is 0. The highest BCUT2D eigenvalue weighted by molar-refractivity contribution is 7.98. The maximum absolute atomic E-state index is 11.8. The first kappa shape index (κ1) is 15.1. The monoisotopic (exact) mass is 252 g/mol. The van der Waals surface area contributed by atoms with Crippen LogP contribution in [-0.4, -0.2) is 41.9 Å². The molecule has 0 aromatic rings. The lowest BCUT2D eigenvalue weighted by Gasteiger charge is -2.29. The number of nitrogens with two attached hydrogens (primary N) is 1. The van der Waals surface area contributed by atoms with Gasteiger partial charge in [0.05, 0.1) is 6.04 Å². The predicted octanol–water partition coefficient (Wildman–Crippen LogP) is 1.50. The van der Waals surface area contributed by atoms with Gasteiger partial charge in [-0.2, -0.15) is 11.8 Å². The normalized spacial score (nSPS) is 18.1. The van der Waals surface area contributed by atoms with Crippen molar-refractivity contribution < 1.29 is 4.79 Å². The fraction of sp³-hybridized carbons (Fsp3) is 0.900. The molecule has 90 valence electrons. The van der Waals surface area contributed by atoms with Gasteiger partial charge in [0.15, 0.2) is 0 Å². The molecule has 3 nitrogen and oxygen atoms in total. The summed E-state index contributed by atoms with van der Waals surface area (Å²) in [7, 11) is 0. The van der Waals surface area contributed by atoms with Crippen molar-refractivity contribution >= 4 is 30.1 Å². The molecule has 0 spiro atoms. The van der Waals surface area contributed by atoms with Crippen LogP contribution in [0.4, 0.5) is 0 Å². The fourth-order valence-corrected chi connectivity index (χ4v) is 2.21. The zero-order chi connectivity index (χ0) is 10.4. The number of hydrogen-bond donors (Lipinski definition) is 1. The fourth-order valence-electron chi connectivity index (χ4n) is 1.72. The molecule has 1 unspecified atom stereocenters. The first-order chi connectivity index (χ1) is 6.75. The summed E-state index contributed by atoms with van der Waals surface area (Å²) in [6, 6.07) is -0.277. The van der Waals surface area contributed by atoms with Crippen molar-refractivity contribution in [3.8, 4) is 0 Å². The molecule has 1 saturated heterocycles. The smallest absolute Gasteiger partial charge is 0.239 e. The number of carbonyl (C=O) groups is 1. The minimum atomic E-state index is -0.277. The molecule has 0 radical (unpaired) electrons. The number of piperidine rings is 1. The van der Waals surface area contributed by atoms with Crippen molar-refractivity contribution in [1.29, 1.82) is 0 Å². The Kier molecular flexibility index (Phi) is 8.29. The summed E-state index contributed by atoms with van der Waals surface area (Å²) in [5, 5.41) is 0. The highest BCUT2D eigenvalue weighted by Gasteiger charge is 2.21. The van der Waals surface area contributed by atoms with Gasteiger partial charge in [-0.05, 0) is 37.7 Å². The molecule has 1 aliphatic heterocycles. The average molecular weight is 253 g/mol. The maximum Gasteiger partial charge on any atom is 0.239 e. The number of carbonyl (C=O) groups excluding carboxylic acids is 1. The third kappa shape index (κ3) is 5.09. The number of halogens is 1. The van der Waals surface area contributed by atoms with Crippen molar-refractivity contribution in [2.24, 2.45) is 5.73 Å². The van der Waals surface area contributed by atoms with Crippen molar-refractivity contribution in [3.63, 3.8) is 0 Å². The number of hydrogen-bond acceptors (Lipinski definition) is 3. The van der Waals surface area contributed by atoms with Crippen LogP contribution in [0.15, 0.2) is 0 Å². The molecule has 1 aliphatic rings. The van der Waals surface area contributed by atoms with E-state index in [0.29, 0.717) is 0 Å². The molecule has 0 aromatic heterocycles. The van der Waals surface area contributed by atoms with E-state index in [0.717, 1.165) is 38.1 Å². The van der Waals surface area contributed by atoms with E-state index in [1.807, 2.05) is 11.2 Å². The Hall–Kier alpha value is 0.0700. The molecule has 0 aromatic carbocycles. The third-order valence-corrected chi connectivity index (χ3v) is 3.26. The zero-order valence-electron chi connectivity index (χ0n) is 9.28. The molecule has 15 heavy (non-hydrogen) atoms. The van der Waals surface area contributed by atoms with Gasteiger partial charge in [0, 0.05) is 13.1 Å². The topological polar surface area (TPSA) is 46.3 Å². The summed E-state index contributed by atoms with van der Waals surface area (Å²) >= 11 is 1.74. The lowest BCUT2D eigenvalue weighted by atomic mass is 10.1. The van der Waals surface area contributed by atoms with Crippen LogP contribution in [0.2, 0.25) is 0 Å². The molecular formula is C10H21ClN2OS. The van der Waals surface area contributed by atoms with Gasteiger partial charge in [-0.15, -0.1) is 12.4 Å². The van der Waals surface area contributed by atoms with E-state index in [-0.39, 0.29) is 24.4 Å². The van der Waals surface area contributed by atoms with Crippen LogP contribution in [0.5, 0.6) is 0 Å². The van der Waals surface area contributed by atoms with Gasteiger partial charge in [-0.3, -0.25) is 4.79 Å². The van der Waals surface area contributed by atoms with Gasteiger partial charge in [-0.25, -0.2) is 0 Å². The molecule has 1 amide bonds. The van der Waals surface area contributed by atoms with Gasteiger partial charge in [0.1, 0.15) is 0 Å². The first-order valence-corrected chi connectivity index (χ1v) is 6.68. The van der Waals surface area contributed by atoms with E-state index in [2.05, 4.69) is 0 Å². The Balaban J connectivity index is 0.00000196. The van der Waals surface area contributed by atoms with Crippen molar-refractivity contribution in [3.05, 3.63) is 0 Å². The highest BCUT2D eigenvalue weighted by atomic mass is 35.5. The minimum Gasteiger partial charge on any atom is -0.341 e. The second kappa shape index (κ2) is 8.25. The number of nitrogens with zero attached hydrogens (tertiary/aromatic N) is 1. The van der Waals surface area contributed by atoms with Gasteiger partial charge in [0.25, 0.3) is 0 Å². The van der Waals surface area contributed by atoms with Crippen molar-refractivity contribution in [1.82, 2.24) is 4.90 Å². The lowest BCUT2D eigenvalue weighted by molar-refractivity contribution is -0.133.